The van der Waals surface area contributed by atoms with Crippen molar-refractivity contribution in [3.05, 3.63) is 18.2 Å². The van der Waals surface area contributed by atoms with Gasteiger partial charge in [-0.1, -0.05) is 12.1 Å². The number of benzene rings is 1. The van der Waals surface area contributed by atoms with Gasteiger partial charge in [0.2, 0.25) is 0 Å². The molecule has 0 aromatic heterocycles. The third-order valence-corrected chi connectivity index (χ3v) is 1.97. The highest BCUT2D eigenvalue weighted by atomic mass is 16.5. The van der Waals surface area contributed by atoms with Crippen LogP contribution in [0.5, 0.6) is 5.75 Å². The van der Waals surface area contributed by atoms with Crippen molar-refractivity contribution < 1.29 is 24.8 Å². The molecule has 0 heterocycles. The zero-order valence-electron chi connectivity index (χ0n) is 9.16. The van der Waals surface area contributed by atoms with Crippen LogP contribution in [-0.4, -0.2) is 40.4 Å². The molecule has 0 spiro atoms. The van der Waals surface area contributed by atoms with E-state index in [1.165, 1.54) is 18.2 Å². The van der Waals surface area contributed by atoms with Gasteiger partial charge in [-0.05, 0) is 25.4 Å². The minimum absolute atomic E-state index is 0.109. The smallest absolute Gasteiger partial charge is 0.491 e. The van der Waals surface area contributed by atoms with Crippen LogP contribution in [-0.2, 0) is 0 Å². The summed E-state index contributed by atoms with van der Waals surface area (Å²) in [7, 11) is -3.36. The van der Waals surface area contributed by atoms with Crippen LogP contribution in [0, 0.1) is 0 Å². The molecular formula is C9H14B2O5. The van der Waals surface area contributed by atoms with Gasteiger partial charge in [-0.25, -0.2) is 0 Å². The summed E-state index contributed by atoms with van der Waals surface area (Å²) < 4.78 is 5.36. The Bertz CT molecular complexity index is 354. The lowest BCUT2D eigenvalue weighted by molar-refractivity contribution is 0.243. The van der Waals surface area contributed by atoms with Gasteiger partial charge < -0.3 is 24.8 Å². The Morgan fingerprint density at radius 1 is 1.06 bits per heavy atom. The van der Waals surface area contributed by atoms with Crippen LogP contribution in [0.15, 0.2) is 18.2 Å². The summed E-state index contributed by atoms with van der Waals surface area (Å²) in [6, 6.07) is 4.21. The van der Waals surface area contributed by atoms with Crippen LogP contribution in [0.4, 0.5) is 0 Å². The molecule has 0 aliphatic rings. The van der Waals surface area contributed by atoms with Crippen molar-refractivity contribution in [2.75, 3.05) is 0 Å². The fraction of sp³-hybridized carbons (Fsp3) is 0.333. The van der Waals surface area contributed by atoms with Gasteiger partial charge in [0.05, 0.1) is 6.10 Å². The van der Waals surface area contributed by atoms with Crippen molar-refractivity contribution in [2.45, 2.75) is 20.0 Å². The van der Waals surface area contributed by atoms with Gasteiger partial charge in [0.15, 0.2) is 0 Å². The van der Waals surface area contributed by atoms with E-state index in [1.807, 2.05) is 13.8 Å². The lowest BCUT2D eigenvalue weighted by atomic mass is 9.72. The highest BCUT2D eigenvalue weighted by Crippen LogP contribution is 2.08. The molecule has 0 fully saturated rings. The van der Waals surface area contributed by atoms with E-state index in [1.54, 1.807) is 0 Å². The molecular weight excluding hydrogens is 210 g/mol. The highest BCUT2D eigenvalue weighted by molar-refractivity contribution is 6.63. The molecule has 0 bridgehead atoms. The predicted octanol–water partition coefficient (Wildman–Crippen LogP) is -2.17. The fourth-order valence-electron chi connectivity index (χ4n) is 1.29. The summed E-state index contributed by atoms with van der Waals surface area (Å²) in [4.78, 5) is 0. The summed E-state index contributed by atoms with van der Waals surface area (Å²) >= 11 is 0. The Balaban J connectivity index is 3.09. The van der Waals surface area contributed by atoms with Crippen LogP contribution in [0.2, 0.25) is 0 Å². The first-order valence-corrected chi connectivity index (χ1v) is 4.94. The molecule has 0 saturated carbocycles. The quantitative estimate of drug-likeness (QED) is 0.437. The van der Waals surface area contributed by atoms with Gasteiger partial charge in [0.1, 0.15) is 5.75 Å². The highest BCUT2D eigenvalue weighted by Gasteiger charge is 2.21. The zero-order chi connectivity index (χ0) is 12.3. The Kier molecular flexibility index (Phi) is 4.37. The number of rotatable bonds is 4. The first-order chi connectivity index (χ1) is 7.41. The molecule has 0 radical (unpaired) electrons. The molecule has 0 atom stereocenters. The Labute approximate surface area is 94.6 Å². The van der Waals surface area contributed by atoms with Gasteiger partial charge in [-0.2, -0.15) is 0 Å². The summed E-state index contributed by atoms with van der Waals surface area (Å²) in [6.45, 7) is 3.62. The fourth-order valence-corrected chi connectivity index (χ4v) is 1.29. The molecule has 5 nitrogen and oxygen atoms in total. The Morgan fingerprint density at radius 3 is 2.12 bits per heavy atom. The standard InChI is InChI=1S/C9H14B2O5/c1-6(2)16-9-4-3-7(10(12)13)5-8(9)11(14)15/h3-6,12-15H,1-2H3. The maximum absolute atomic E-state index is 9.14. The maximum Gasteiger partial charge on any atom is 0.492 e. The number of ether oxygens (including phenoxy) is 1. The predicted molar refractivity (Wildman–Crippen MR) is 61.9 cm³/mol. The molecule has 0 unspecified atom stereocenters. The molecule has 0 aliphatic carbocycles. The molecule has 7 heteroatoms. The number of hydrogen-bond donors (Lipinski definition) is 4. The minimum Gasteiger partial charge on any atom is -0.491 e. The first-order valence-electron chi connectivity index (χ1n) is 4.94. The van der Waals surface area contributed by atoms with Crippen molar-refractivity contribution in [1.29, 1.82) is 0 Å². The summed E-state index contributed by atoms with van der Waals surface area (Å²) in [5.41, 5.74) is 0.290. The monoisotopic (exact) mass is 224 g/mol. The molecule has 0 amide bonds. The van der Waals surface area contributed by atoms with Crippen molar-refractivity contribution in [1.82, 2.24) is 0 Å². The summed E-state index contributed by atoms with van der Waals surface area (Å²) in [6.07, 6.45) is -0.109. The van der Waals surface area contributed by atoms with E-state index in [-0.39, 0.29) is 17.0 Å². The SMILES string of the molecule is CC(C)Oc1ccc(B(O)O)cc1B(O)O. The van der Waals surface area contributed by atoms with Crippen LogP contribution in [0.25, 0.3) is 0 Å². The second-order valence-electron chi connectivity index (χ2n) is 3.71. The van der Waals surface area contributed by atoms with Gasteiger partial charge in [0, 0.05) is 5.46 Å². The van der Waals surface area contributed by atoms with Crippen LogP contribution in [0.3, 0.4) is 0 Å². The summed E-state index contributed by atoms with van der Waals surface area (Å²) in [5, 5.41) is 36.2. The third-order valence-electron chi connectivity index (χ3n) is 1.97. The normalized spacial score (nSPS) is 10.4. The second kappa shape index (κ2) is 5.36. The van der Waals surface area contributed by atoms with E-state index < -0.39 is 14.2 Å². The maximum atomic E-state index is 9.14. The van der Waals surface area contributed by atoms with E-state index in [0.29, 0.717) is 5.75 Å². The lowest BCUT2D eigenvalue weighted by Gasteiger charge is -2.15. The Morgan fingerprint density at radius 2 is 1.69 bits per heavy atom. The molecule has 4 N–H and O–H groups in total. The van der Waals surface area contributed by atoms with E-state index in [4.69, 9.17) is 24.8 Å². The van der Waals surface area contributed by atoms with Crippen LogP contribution in [0.1, 0.15) is 13.8 Å². The van der Waals surface area contributed by atoms with Crippen molar-refractivity contribution >= 4 is 25.2 Å². The molecule has 86 valence electrons. The third kappa shape index (κ3) is 3.24. The van der Waals surface area contributed by atoms with Gasteiger partial charge in [-0.3, -0.25) is 0 Å². The van der Waals surface area contributed by atoms with Crippen LogP contribution >= 0.6 is 0 Å². The zero-order valence-corrected chi connectivity index (χ0v) is 9.16. The summed E-state index contributed by atoms with van der Waals surface area (Å²) in [5.74, 6) is 0.314. The Hall–Kier alpha value is -1.01. The average molecular weight is 224 g/mol. The molecule has 0 aliphatic heterocycles. The molecule has 1 aromatic carbocycles. The lowest BCUT2D eigenvalue weighted by Crippen LogP contribution is -2.39. The second-order valence-corrected chi connectivity index (χ2v) is 3.71. The average Bonchev–Trinajstić information content (AvgIpc) is 2.16. The minimum atomic E-state index is -1.72. The number of hydrogen-bond acceptors (Lipinski definition) is 5. The molecule has 1 rings (SSSR count). The van der Waals surface area contributed by atoms with E-state index >= 15 is 0 Å². The van der Waals surface area contributed by atoms with Gasteiger partial charge in [-0.15, -0.1) is 0 Å². The molecule has 1 aromatic rings. The van der Waals surface area contributed by atoms with E-state index in [9.17, 15) is 0 Å². The van der Waals surface area contributed by atoms with Gasteiger partial charge in [0.25, 0.3) is 0 Å². The molecule has 0 saturated heterocycles. The van der Waals surface area contributed by atoms with Gasteiger partial charge >= 0.3 is 14.2 Å². The largest absolute Gasteiger partial charge is 0.492 e. The van der Waals surface area contributed by atoms with Crippen molar-refractivity contribution in [2.24, 2.45) is 0 Å². The molecule has 16 heavy (non-hydrogen) atoms. The van der Waals surface area contributed by atoms with E-state index in [0.717, 1.165) is 0 Å². The van der Waals surface area contributed by atoms with Crippen LogP contribution < -0.4 is 15.7 Å². The topological polar surface area (TPSA) is 90.2 Å². The van der Waals surface area contributed by atoms with Crippen molar-refractivity contribution in [3.8, 4) is 5.75 Å². The first kappa shape index (κ1) is 13.1. The van der Waals surface area contributed by atoms with E-state index in [2.05, 4.69) is 0 Å². The van der Waals surface area contributed by atoms with Crippen molar-refractivity contribution in [3.63, 3.8) is 0 Å².